The molecule has 4 aromatic rings. The molecule has 670 valence electrons. The van der Waals surface area contributed by atoms with Crippen molar-refractivity contribution in [3.8, 4) is 5.75 Å². The fourth-order valence-corrected chi connectivity index (χ4v) is 16.5. The summed E-state index contributed by atoms with van der Waals surface area (Å²) in [6.45, 7) is 11.2. The van der Waals surface area contributed by atoms with E-state index in [0.29, 0.717) is 63.0 Å². The van der Waals surface area contributed by atoms with Crippen LogP contribution in [0.25, 0.3) is 21.1 Å². The molecule has 44 heteroatoms. The van der Waals surface area contributed by atoms with Gasteiger partial charge in [-0.25, -0.2) is 14.6 Å². The van der Waals surface area contributed by atoms with Crippen LogP contribution in [-0.2, 0) is 68.7 Å². The van der Waals surface area contributed by atoms with Gasteiger partial charge in [0.15, 0.2) is 18.0 Å². The number of amides is 11. The summed E-state index contributed by atoms with van der Waals surface area (Å²) in [6, 6.07) is -2.96. The second-order valence-electron chi connectivity index (χ2n) is 30.1. The third kappa shape index (κ3) is 35.8. The van der Waals surface area contributed by atoms with Gasteiger partial charge in [0.2, 0.25) is 65.0 Å². The molecule has 0 bridgehead atoms. The van der Waals surface area contributed by atoms with E-state index >= 15 is 0 Å². The van der Waals surface area contributed by atoms with E-state index in [1.807, 2.05) is 24.3 Å². The first kappa shape index (κ1) is 101. The fourth-order valence-electron chi connectivity index (χ4n) is 12.4. The third-order valence-electron chi connectivity index (χ3n) is 18.7. The number of fused-ring (bicyclic) bond motifs is 2. The quantitative estimate of drug-likeness (QED) is 0.00684. The van der Waals surface area contributed by atoms with E-state index in [2.05, 4.69) is 78.8 Å². The maximum atomic E-state index is 14.6. The van der Waals surface area contributed by atoms with Crippen LogP contribution in [0.4, 0.5) is 4.79 Å². The third-order valence-corrected chi connectivity index (χ3v) is 23.4. The number of ether oxygens (including phenoxy) is 2. The van der Waals surface area contributed by atoms with E-state index in [1.165, 1.54) is 51.6 Å². The molecule has 2 aromatic carbocycles. The standard InChI is InChI=1S/C77H120N22O18S4/c1-40(2)33-54(94-69(110)56(38-100)88-59(102)25-32-120-119-31-16-30-116-77(115)117-45-23-24-48-58(36-45)121-73(96-48)72-97-57(39-118-72)74(113)114)67(108)91-50(20-11-13-27-79)66(107)99-61(43(7)101)71(112)92-52(22-15-29-86-76(83)84)65(106)98-60(42(5)6)70(111)95-55(34-41(3)4)68(109)90-49(19-10-12-26-78)63(104)89-51(21-14-28-85-75(81)82)64(105)93-53(62(80)103)35-44-37-87-47-18-9-8-17-46(44)47/h8-9,17-18,23-24,36-37,40-43,49-57,60-61,87,100-101H,10-16,19-22,25-35,38-39,78-79H2,1-7H3,(H2,80,103)(H,88,102)(H,89,104)(H,90,109)(H,91,108)(H,92,112)(H,93,105)(H,94,110)(H,95,111)(H,98,106)(H,99,107)(H,113,114)(H4,81,82,85)(H4,83,84,86)/t43-,49+,50+,51+,52+,53+,54+,55+,56+,57-,60+,61+/m1/s1. The lowest BCUT2D eigenvalue weighted by molar-refractivity contribution is -0.138. The highest BCUT2D eigenvalue weighted by Crippen LogP contribution is 2.32. The van der Waals surface area contributed by atoms with Crippen molar-refractivity contribution in [3.05, 3.63) is 59.2 Å². The number of nitrogens with zero attached hydrogens (tertiary/aromatic N) is 2. The van der Waals surface area contributed by atoms with Crippen LogP contribution in [0.15, 0.2) is 53.7 Å². The number of H-pyrrole nitrogens is 1. The number of carboxylic acid groups (broad SMARTS) is 1. The molecule has 11 amide bonds. The van der Waals surface area contributed by atoms with Gasteiger partial charge in [0.25, 0.3) is 0 Å². The van der Waals surface area contributed by atoms with Crippen LogP contribution in [-0.4, -0.2) is 249 Å². The van der Waals surface area contributed by atoms with Crippen LogP contribution in [0.2, 0.25) is 0 Å². The lowest BCUT2D eigenvalue weighted by atomic mass is 9.98. The van der Waals surface area contributed by atoms with Crippen molar-refractivity contribution in [2.24, 2.45) is 51.4 Å². The Kier molecular flexibility index (Phi) is 44.4. The minimum Gasteiger partial charge on any atom is -0.480 e. The number of nitrogens with one attached hydrogen (secondary N) is 15. The molecule has 3 heterocycles. The topological polar surface area (TPSA) is 664 Å². The molecule has 0 spiro atoms. The molecular weight excluding hydrogens is 1650 g/mol. The minimum absolute atomic E-state index is 0.00245. The van der Waals surface area contributed by atoms with Gasteiger partial charge in [0, 0.05) is 66.4 Å². The number of aliphatic imine (C=N–C) groups is 1. The number of aromatic nitrogens is 2. The molecule has 12 atom stereocenters. The minimum atomic E-state index is -1.82. The van der Waals surface area contributed by atoms with E-state index < -0.39 is 168 Å². The van der Waals surface area contributed by atoms with Gasteiger partial charge in [-0.1, -0.05) is 81.3 Å². The van der Waals surface area contributed by atoms with Crippen molar-refractivity contribution in [2.75, 3.05) is 56.7 Å². The molecule has 0 saturated heterocycles. The highest BCUT2D eigenvalue weighted by Gasteiger charge is 2.39. The Morgan fingerprint density at radius 1 is 0.587 bits per heavy atom. The van der Waals surface area contributed by atoms with Crippen molar-refractivity contribution in [2.45, 2.75) is 217 Å². The molecular formula is C77H120N22O18S4. The van der Waals surface area contributed by atoms with Gasteiger partial charge in [-0.15, -0.1) is 23.1 Å². The monoisotopic (exact) mass is 1770 g/mol. The Balaban J connectivity index is 1.20. The van der Waals surface area contributed by atoms with Crippen molar-refractivity contribution >= 4 is 160 Å². The predicted octanol–water partition coefficient (Wildman–Crippen LogP) is -0.117. The van der Waals surface area contributed by atoms with Crippen molar-refractivity contribution < 1.29 is 87.1 Å². The molecule has 0 fully saturated rings. The highest BCUT2D eigenvalue weighted by molar-refractivity contribution is 8.76. The number of hydrogen-bond acceptors (Lipinski definition) is 27. The van der Waals surface area contributed by atoms with Crippen molar-refractivity contribution in [3.63, 3.8) is 0 Å². The Bertz CT molecular complexity index is 4190. The van der Waals surface area contributed by atoms with Gasteiger partial charge in [0.1, 0.15) is 76.2 Å². The maximum Gasteiger partial charge on any atom is 0.513 e. The number of guanidine groups is 2. The number of aliphatic carboxylic acids is 1. The first-order chi connectivity index (χ1) is 57.5. The van der Waals surface area contributed by atoms with Crippen LogP contribution < -0.4 is 97.2 Å². The van der Waals surface area contributed by atoms with Crippen LogP contribution in [0.1, 0.15) is 149 Å². The number of thioether (sulfide) groups is 1. The largest absolute Gasteiger partial charge is 0.513 e. The van der Waals surface area contributed by atoms with Crippen molar-refractivity contribution in [1.29, 1.82) is 10.8 Å². The normalized spacial score (nSPS) is 15.3. The molecule has 5 rings (SSSR count). The number of carbonyl (C=O) groups is 13. The molecule has 0 saturated carbocycles. The van der Waals surface area contributed by atoms with Crippen LogP contribution in [0.5, 0.6) is 5.75 Å². The summed E-state index contributed by atoms with van der Waals surface area (Å²) >= 11 is 2.59. The van der Waals surface area contributed by atoms with Crippen LogP contribution >= 0.6 is 44.7 Å². The number of primary amides is 1. The van der Waals surface area contributed by atoms with Gasteiger partial charge in [-0.05, 0) is 145 Å². The number of unbranched alkanes of at least 4 members (excludes halogenated alkanes) is 2. The average molecular weight is 1770 g/mol. The number of para-hydroxylation sites is 1. The van der Waals surface area contributed by atoms with E-state index in [4.69, 9.17) is 49.0 Å². The maximum absolute atomic E-state index is 14.6. The summed E-state index contributed by atoms with van der Waals surface area (Å²) in [6.07, 6.45) is 0.821. The summed E-state index contributed by atoms with van der Waals surface area (Å²) in [5.74, 6) is -11.1. The second-order valence-corrected chi connectivity index (χ2v) is 34.9. The number of rotatable bonds is 56. The smallest absolute Gasteiger partial charge is 0.480 e. The number of nitrogens with two attached hydrogens (primary N) is 5. The van der Waals surface area contributed by atoms with Gasteiger partial charge < -0.3 is 122 Å². The van der Waals surface area contributed by atoms with Gasteiger partial charge in [-0.2, -0.15) is 0 Å². The molecule has 0 radical (unpaired) electrons. The van der Waals surface area contributed by atoms with E-state index in [9.17, 15) is 77.6 Å². The first-order valence-electron chi connectivity index (χ1n) is 40.2. The summed E-state index contributed by atoms with van der Waals surface area (Å²) < 4.78 is 11.3. The molecule has 121 heavy (non-hydrogen) atoms. The fraction of sp³-hybridized carbons (Fsp3) is 0.597. The molecule has 0 unspecified atom stereocenters. The Labute approximate surface area is 718 Å². The van der Waals surface area contributed by atoms with Crippen molar-refractivity contribution in [1.82, 2.24) is 73.8 Å². The predicted molar refractivity (Wildman–Crippen MR) is 463 cm³/mol. The number of benzene rings is 2. The summed E-state index contributed by atoms with van der Waals surface area (Å²) in [7, 11) is 2.73. The lowest BCUT2D eigenvalue weighted by Gasteiger charge is -2.30. The number of aliphatic hydroxyl groups is 2. The molecule has 2 aromatic heterocycles. The molecule has 28 N–H and O–H groups in total. The molecule has 1 aliphatic heterocycles. The zero-order chi connectivity index (χ0) is 89.4. The second kappa shape index (κ2) is 52.9. The number of aliphatic hydroxyl groups excluding tert-OH is 2. The Morgan fingerprint density at radius 3 is 1.59 bits per heavy atom. The number of carboxylic acids is 1. The van der Waals surface area contributed by atoms with Gasteiger partial charge >= 0.3 is 12.1 Å². The number of hydrogen-bond donors (Lipinski definition) is 23. The van der Waals surface area contributed by atoms with Crippen LogP contribution in [0, 0.1) is 28.6 Å². The molecule has 1 aliphatic rings. The SMILES string of the molecule is CC(C)C[C@H](NC(=O)[C@H](CO)NC(=O)CCSSCCCOC(=O)Oc1ccc2nc(C3=N[C@@H](C(=O)O)CS3)sc2c1)C(=O)N[C@@H](CCCCN)C(=O)N[C@H](C(=O)N[C@@H](CCCNC(=N)N)C(=O)N[C@H](C(=O)N[C@@H](CC(C)C)C(=O)N[C@@H](CCCCN)C(=O)N[C@@H](CCCNC(=N)N)C(=O)N[C@@H](Cc1c[nH]c2ccccc12)C(N)=O)C(C)C)[C@@H](C)O. The lowest BCUT2D eigenvalue weighted by Crippen LogP contribution is -2.62. The summed E-state index contributed by atoms with van der Waals surface area (Å²) in [5.41, 5.74) is 30.7. The average Bonchev–Trinajstić information content (AvgIpc) is 1.67. The van der Waals surface area contributed by atoms with Gasteiger partial charge in [0.05, 0.1) is 29.5 Å². The van der Waals surface area contributed by atoms with E-state index in [-0.39, 0.29) is 133 Å². The van der Waals surface area contributed by atoms with E-state index in [1.54, 1.807) is 65.9 Å². The van der Waals surface area contributed by atoms with E-state index in [0.717, 1.165) is 10.9 Å². The molecule has 0 aliphatic carbocycles. The Hall–Kier alpha value is -10.1. The van der Waals surface area contributed by atoms with Gasteiger partial charge in [-0.3, -0.25) is 68.6 Å². The number of carbonyl (C=O) groups excluding carboxylic acids is 12. The molecule has 40 nitrogen and oxygen atoms in total. The summed E-state index contributed by atoms with van der Waals surface area (Å²) in [4.78, 5) is 191. The van der Waals surface area contributed by atoms with Crippen LogP contribution in [0.3, 0.4) is 0 Å². The number of thiazole rings is 1. The zero-order valence-electron chi connectivity index (χ0n) is 69.1. The number of aromatic amines is 1. The Morgan fingerprint density at radius 2 is 1.07 bits per heavy atom. The first-order valence-corrected chi connectivity index (χ1v) is 44.5. The highest BCUT2D eigenvalue weighted by atomic mass is 33.1. The zero-order valence-corrected chi connectivity index (χ0v) is 72.4. The summed E-state index contributed by atoms with van der Waals surface area (Å²) in [5, 5.41) is 79.6.